The van der Waals surface area contributed by atoms with Gasteiger partial charge in [0.15, 0.2) is 0 Å². The van der Waals surface area contributed by atoms with Gasteiger partial charge in [-0.3, -0.25) is 4.90 Å². The van der Waals surface area contributed by atoms with Crippen LogP contribution in [0.15, 0.2) is 0 Å². The fourth-order valence-electron chi connectivity index (χ4n) is 2.05. The Morgan fingerprint density at radius 1 is 1.43 bits per heavy atom. The number of ether oxygens (including phenoxy) is 1. The molecule has 1 saturated heterocycles. The lowest BCUT2D eigenvalue weighted by Gasteiger charge is -2.36. The third-order valence-electron chi connectivity index (χ3n) is 2.72. The number of morpholine rings is 1. The lowest BCUT2D eigenvalue weighted by Crippen LogP contribution is -2.47. The summed E-state index contributed by atoms with van der Waals surface area (Å²) < 4.78 is 5.82. The fourth-order valence-corrected chi connectivity index (χ4v) is 2.05. The van der Waals surface area contributed by atoms with Crippen LogP contribution in [-0.4, -0.2) is 43.3 Å². The van der Waals surface area contributed by atoms with E-state index in [2.05, 4.69) is 18.7 Å². The minimum Gasteiger partial charge on any atom is -0.373 e. The quantitative estimate of drug-likeness (QED) is 0.725. The monoisotopic (exact) mass is 200 g/mol. The van der Waals surface area contributed by atoms with Crippen LogP contribution in [0, 0.1) is 0 Å². The van der Waals surface area contributed by atoms with Crippen molar-refractivity contribution < 1.29 is 4.74 Å². The molecule has 2 N–H and O–H groups in total. The minimum atomic E-state index is 0.362. The summed E-state index contributed by atoms with van der Waals surface area (Å²) in [6.45, 7) is 8.50. The Morgan fingerprint density at radius 2 is 2.21 bits per heavy atom. The standard InChI is InChI=1S/C11H24N2O/c1-3-4-7-13-8-10(2)14-11(9-13)5-6-12/h10-11H,3-9,12H2,1-2H3. The molecule has 1 aliphatic heterocycles. The Morgan fingerprint density at radius 3 is 2.86 bits per heavy atom. The van der Waals surface area contributed by atoms with Crippen molar-refractivity contribution in [2.45, 2.75) is 45.3 Å². The number of hydrogen-bond acceptors (Lipinski definition) is 3. The van der Waals surface area contributed by atoms with Gasteiger partial charge in [-0.15, -0.1) is 0 Å². The van der Waals surface area contributed by atoms with Crippen LogP contribution in [0.2, 0.25) is 0 Å². The second-order valence-electron chi connectivity index (χ2n) is 4.26. The highest BCUT2D eigenvalue weighted by Crippen LogP contribution is 2.13. The maximum Gasteiger partial charge on any atom is 0.0718 e. The first kappa shape index (κ1) is 12.0. The van der Waals surface area contributed by atoms with E-state index in [-0.39, 0.29) is 0 Å². The first-order valence-corrected chi connectivity index (χ1v) is 5.84. The smallest absolute Gasteiger partial charge is 0.0718 e. The van der Waals surface area contributed by atoms with Crippen LogP contribution < -0.4 is 5.73 Å². The molecule has 0 radical (unpaired) electrons. The zero-order chi connectivity index (χ0) is 10.4. The van der Waals surface area contributed by atoms with Crippen molar-refractivity contribution in [3.05, 3.63) is 0 Å². The number of unbranched alkanes of at least 4 members (excludes halogenated alkanes) is 1. The second-order valence-corrected chi connectivity index (χ2v) is 4.26. The Bertz CT molecular complexity index is 152. The van der Waals surface area contributed by atoms with E-state index in [1.807, 2.05) is 0 Å². The molecule has 0 amide bonds. The van der Waals surface area contributed by atoms with Gasteiger partial charge in [-0.2, -0.15) is 0 Å². The van der Waals surface area contributed by atoms with E-state index in [1.165, 1.54) is 19.4 Å². The molecule has 3 heteroatoms. The molecule has 2 atom stereocenters. The van der Waals surface area contributed by atoms with Crippen molar-refractivity contribution in [3.63, 3.8) is 0 Å². The van der Waals surface area contributed by atoms with Crippen LogP contribution in [0.1, 0.15) is 33.1 Å². The largest absolute Gasteiger partial charge is 0.373 e. The third kappa shape index (κ3) is 3.95. The number of rotatable bonds is 5. The summed E-state index contributed by atoms with van der Waals surface area (Å²) >= 11 is 0. The maximum atomic E-state index is 5.82. The first-order valence-electron chi connectivity index (χ1n) is 5.84. The SMILES string of the molecule is CCCCN1CC(C)OC(CCN)C1. The van der Waals surface area contributed by atoms with Crippen LogP contribution in [0.3, 0.4) is 0 Å². The molecule has 2 unspecified atom stereocenters. The Balaban J connectivity index is 2.29. The van der Waals surface area contributed by atoms with Gasteiger partial charge >= 0.3 is 0 Å². The molecule has 1 fully saturated rings. The Labute approximate surface area is 87.6 Å². The van der Waals surface area contributed by atoms with Crippen LogP contribution >= 0.6 is 0 Å². The van der Waals surface area contributed by atoms with Crippen molar-refractivity contribution in [2.75, 3.05) is 26.2 Å². The van der Waals surface area contributed by atoms with Gasteiger partial charge in [0.1, 0.15) is 0 Å². The average molecular weight is 200 g/mol. The lowest BCUT2D eigenvalue weighted by atomic mass is 10.1. The van der Waals surface area contributed by atoms with Crippen molar-refractivity contribution >= 4 is 0 Å². The molecule has 1 aliphatic rings. The number of nitrogens with zero attached hydrogens (tertiary/aromatic N) is 1. The molecule has 3 nitrogen and oxygen atoms in total. The molecule has 0 aliphatic carbocycles. The normalized spacial score (nSPS) is 29.4. The van der Waals surface area contributed by atoms with Gasteiger partial charge < -0.3 is 10.5 Å². The number of nitrogens with two attached hydrogens (primary N) is 1. The van der Waals surface area contributed by atoms with Crippen LogP contribution in [0.25, 0.3) is 0 Å². The molecular weight excluding hydrogens is 176 g/mol. The van der Waals surface area contributed by atoms with Crippen molar-refractivity contribution in [2.24, 2.45) is 5.73 Å². The third-order valence-corrected chi connectivity index (χ3v) is 2.72. The van der Waals surface area contributed by atoms with Gasteiger partial charge in [0.05, 0.1) is 12.2 Å². The van der Waals surface area contributed by atoms with Gasteiger partial charge in [-0.05, 0) is 32.9 Å². The molecule has 0 aromatic rings. The van der Waals surface area contributed by atoms with E-state index < -0.39 is 0 Å². The zero-order valence-corrected chi connectivity index (χ0v) is 9.54. The predicted octanol–water partition coefficient (Wildman–Crippen LogP) is 1.22. The Kier molecular flexibility index (Phi) is 5.45. The predicted molar refractivity (Wildman–Crippen MR) is 59.4 cm³/mol. The Hall–Kier alpha value is -0.120. The van der Waals surface area contributed by atoms with Crippen molar-refractivity contribution in [1.82, 2.24) is 4.90 Å². The average Bonchev–Trinajstić information content (AvgIpc) is 2.14. The van der Waals surface area contributed by atoms with E-state index in [0.29, 0.717) is 12.2 Å². The highest BCUT2D eigenvalue weighted by molar-refractivity contribution is 4.75. The van der Waals surface area contributed by atoms with Crippen LogP contribution in [0.5, 0.6) is 0 Å². The summed E-state index contributed by atoms with van der Waals surface area (Å²) in [5, 5.41) is 0. The maximum absolute atomic E-state index is 5.82. The molecule has 1 rings (SSSR count). The summed E-state index contributed by atoms with van der Waals surface area (Å²) in [5.74, 6) is 0. The molecule has 1 heterocycles. The van der Waals surface area contributed by atoms with Crippen LogP contribution in [0.4, 0.5) is 0 Å². The lowest BCUT2D eigenvalue weighted by molar-refractivity contribution is -0.0786. The highest BCUT2D eigenvalue weighted by Gasteiger charge is 2.23. The van der Waals surface area contributed by atoms with E-state index in [1.54, 1.807) is 0 Å². The van der Waals surface area contributed by atoms with Gasteiger partial charge in [-0.1, -0.05) is 13.3 Å². The number of hydrogen-bond donors (Lipinski definition) is 1. The van der Waals surface area contributed by atoms with E-state index in [9.17, 15) is 0 Å². The van der Waals surface area contributed by atoms with E-state index in [4.69, 9.17) is 10.5 Å². The molecule has 0 aromatic heterocycles. The van der Waals surface area contributed by atoms with E-state index in [0.717, 1.165) is 26.1 Å². The van der Waals surface area contributed by atoms with Crippen molar-refractivity contribution in [1.29, 1.82) is 0 Å². The van der Waals surface area contributed by atoms with Crippen molar-refractivity contribution in [3.8, 4) is 0 Å². The minimum absolute atomic E-state index is 0.362. The van der Waals surface area contributed by atoms with Gasteiger partial charge in [0, 0.05) is 13.1 Å². The molecular formula is C11H24N2O. The van der Waals surface area contributed by atoms with Gasteiger partial charge in [0.25, 0.3) is 0 Å². The van der Waals surface area contributed by atoms with Gasteiger partial charge in [0.2, 0.25) is 0 Å². The molecule has 84 valence electrons. The molecule has 14 heavy (non-hydrogen) atoms. The summed E-state index contributed by atoms with van der Waals surface area (Å²) in [7, 11) is 0. The molecule has 0 spiro atoms. The summed E-state index contributed by atoms with van der Waals surface area (Å²) in [4.78, 5) is 2.51. The topological polar surface area (TPSA) is 38.5 Å². The second kappa shape index (κ2) is 6.38. The van der Waals surface area contributed by atoms with Gasteiger partial charge in [-0.25, -0.2) is 0 Å². The van der Waals surface area contributed by atoms with E-state index >= 15 is 0 Å². The summed E-state index contributed by atoms with van der Waals surface area (Å²) in [6.07, 6.45) is 4.29. The zero-order valence-electron chi connectivity index (χ0n) is 9.54. The van der Waals surface area contributed by atoms with Crippen LogP contribution in [-0.2, 0) is 4.74 Å². The molecule has 0 saturated carbocycles. The molecule has 0 aromatic carbocycles. The summed E-state index contributed by atoms with van der Waals surface area (Å²) in [5.41, 5.74) is 5.55. The molecule has 0 bridgehead atoms. The first-order chi connectivity index (χ1) is 6.76. The summed E-state index contributed by atoms with van der Waals surface area (Å²) in [6, 6.07) is 0. The fraction of sp³-hybridized carbons (Fsp3) is 1.00. The highest BCUT2D eigenvalue weighted by atomic mass is 16.5.